The van der Waals surface area contributed by atoms with E-state index < -0.39 is 0 Å². The summed E-state index contributed by atoms with van der Waals surface area (Å²) >= 11 is 1.61. The lowest BCUT2D eigenvalue weighted by atomic mass is 10.3. The monoisotopic (exact) mass is 255 g/mol. The van der Waals surface area contributed by atoms with Crippen molar-refractivity contribution in [2.45, 2.75) is 39.0 Å². The summed E-state index contributed by atoms with van der Waals surface area (Å²) in [5.74, 6) is 0.0640. The van der Waals surface area contributed by atoms with Gasteiger partial charge in [0.05, 0.1) is 17.1 Å². The van der Waals surface area contributed by atoms with Crippen LogP contribution in [0.15, 0.2) is 5.38 Å². The highest BCUT2D eigenvalue weighted by Crippen LogP contribution is 2.11. The number of thiazole rings is 1. The second-order valence-electron chi connectivity index (χ2n) is 4.01. The van der Waals surface area contributed by atoms with E-state index in [0.29, 0.717) is 13.0 Å². The number of carbonyl (C=O) groups is 1. The van der Waals surface area contributed by atoms with Gasteiger partial charge >= 0.3 is 0 Å². The predicted molar refractivity (Wildman–Crippen MR) is 71.1 cm³/mol. The number of nitrogens with zero attached hydrogens (tertiary/aromatic N) is 1. The first-order valence-corrected chi connectivity index (χ1v) is 7.04. The van der Waals surface area contributed by atoms with Crippen LogP contribution in [0.1, 0.15) is 36.9 Å². The van der Waals surface area contributed by atoms with Gasteiger partial charge in [-0.1, -0.05) is 13.3 Å². The summed E-state index contributed by atoms with van der Waals surface area (Å²) in [6.07, 6.45) is 4.39. The molecule has 5 heteroatoms. The van der Waals surface area contributed by atoms with Crippen molar-refractivity contribution in [3.05, 3.63) is 16.1 Å². The Labute approximate surface area is 107 Å². The molecule has 3 N–H and O–H groups in total. The summed E-state index contributed by atoms with van der Waals surface area (Å²) in [5.41, 5.74) is 6.32. The summed E-state index contributed by atoms with van der Waals surface area (Å²) in [6, 6.07) is 0. The Morgan fingerprint density at radius 2 is 2.35 bits per heavy atom. The molecule has 0 bridgehead atoms. The molecule has 0 atom stereocenters. The van der Waals surface area contributed by atoms with E-state index in [2.05, 4.69) is 17.2 Å². The zero-order chi connectivity index (χ0) is 12.5. The number of nitrogens with two attached hydrogens (primary N) is 1. The van der Waals surface area contributed by atoms with Gasteiger partial charge in [-0.15, -0.1) is 11.3 Å². The van der Waals surface area contributed by atoms with Crippen LogP contribution < -0.4 is 11.1 Å². The van der Waals surface area contributed by atoms with Gasteiger partial charge in [-0.2, -0.15) is 0 Å². The number of aryl methyl sites for hydroxylation is 1. The fraction of sp³-hybridized carbons (Fsp3) is 0.667. The number of amides is 1. The highest BCUT2D eigenvalue weighted by molar-refractivity contribution is 7.09. The smallest absolute Gasteiger partial charge is 0.226 e. The Balaban J connectivity index is 2.30. The van der Waals surface area contributed by atoms with Crippen LogP contribution >= 0.6 is 11.3 Å². The second-order valence-corrected chi connectivity index (χ2v) is 4.95. The molecule has 17 heavy (non-hydrogen) atoms. The topological polar surface area (TPSA) is 68.0 Å². The van der Waals surface area contributed by atoms with Crippen molar-refractivity contribution in [1.82, 2.24) is 10.3 Å². The third kappa shape index (κ3) is 5.79. The molecule has 0 unspecified atom stereocenters. The van der Waals surface area contributed by atoms with Crippen LogP contribution in [0.4, 0.5) is 0 Å². The van der Waals surface area contributed by atoms with E-state index in [1.807, 2.05) is 5.38 Å². The lowest BCUT2D eigenvalue weighted by Gasteiger charge is -2.01. The SMILES string of the molecule is CCCCNC(=O)Cc1csc(CCCN)n1. The summed E-state index contributed by atoms with van der Waals surface area (Å²) in [6.45, 7) is 3.56. The molecule has 1 heterocycles. The van der Waals surface area contributed by atoms with Crippen molar-refractivity contribution >= 4 is 17.2 Å². The maximum atomic E-state index is 11.5. The fourth-order valence-electron chi connectivity index (χ4n) is 1.43. The van der Waals surface area contributed by atoms with E-state index in [1.165, 1.54) is 0 Å². The minimum atomic E-state index is 0.0640. The van der Waals surface area contributed by atoms with E-state index in [4.69, 9.17) is 5.73 Å². The molecule has 0 saturated heterocycles. The van der Waals surface area contributed by atoms with Crippen molar-refractivity contribution in [3.8, 4) is 0 Å². The summed E-state index contributed by atoms with van der Waals surface area (Å²) < 4.78 is 0. The third-order valence-corrected chi connectivity index (χ3v) is 3.35. The van der Waals surface area contributed by atoms with Gasteiger partial charge in [-0.25, -0.2) is 4.98 Å². The number of aromatic nitrogens is 1. The molecule has 0 fully saturated rings. The molecule has 0 spiro atoms. The van der Waals surface area contributed by atoms with Crippen LogP contribution in [0.2, 0.25) is 0 Å². The summed E-state index contributed by atoms with van der Waals surface area (Å²) in [4.78, 5) is 16.0. The quantitative estimate of drug-likeness (QED) is 0.692. The van der Waals surface area contributed by atoms with E-state index in [1.54, 1.807) is 11.3 Å². The average molecular weight is 255 g/mol. The number of carbonyl (C=O) groups excluding carboxylic acids is 1. The molecule has 0 aliphatic carbocycles. The van der Waals surface area contributed by atoms with Crippen molar-refractivity contribution in [1.29, 1.82) is 0 Å². The molecule has 0 aromatic carbocycles. The molecule has 0 saturated carbocycles. The van der Waals surface area contributed by atoms with Crippen molar-refractivity contribution in [3.63, 3.8) is 0 Å². The number of hydrogen-bond donors (Lipinski definition) is 2. The summed E-state index contributed by atoms with van der Waals surface area (Å²) in [5, 5.41) is 5.93. The molecule has 1 aromatic rings. The largest absolute Gasteiger partial charge is 0.356 e. The van der Waals surface area contributed by atoms with Gasteiger partial charge in [0.15, 0.2) is 0 Å². The third-order valence-electron chi connectivity index (χ3n) is 2.39. The zero-order valence-electron chi connectivity index (χ0n) is 10.4. The first kappa shape index (κ1) is 14.1. The first-order chi connectivity index (χ1) is 8.26. The van der Waals surface area contributed by atoms with Gasteiger partial charge in [0.1, 0.15) is 0 Å². The Bertz CT molecular complexity index is 338. The first-order valence-electron chi connectivity index (χ1n) is 6.16. The number of rotatable bonds is 8. The summed E-state index contributed by atoms with van der Waals surface area (Å²) in [7, 11) is 0. The normalized spacial score (nSPS) is 10.5. The van der Waals surface area contributed by atoms with Crippen LogP contribution in [-0.2, 0) is 17.6 Å². The molecule has 0 aliphatic heterocycles. The fourth-order valence-corrected chi connectivity index (χ4v) is 2.27. The Kier molecular flexibility index (Phi) is 6.81. The molecule has 0 aliphatic rings. The van der Waals surface area contributed by atoms with Gasteiger partial charge in [-0.05, 0) is 19.4 Å². The van der Waals surface area contributed by atoms with Crippen LogP contribution in [0.25, 0.3) is 0 Å². The molecule has 96 valence electrons. The van der Waals surface area contributed by atoms with Gasteiger partial charge in [0.25, 0.3) is 0 Å². The Hall–Kier alpha value is -0.940. The highest BCUT2D eigenvalue weighted by atomic mass is 32.1. The van der Waals surface area contributed by atoms with Gasteiger partial charge in [0, 0.05) is 18.3 Å². The highest BCUT2D eigenvalue weighted by Gasteiger charge is 2.06. The zero-order valence-corrected chi connectivity index (χ0v) is 11.2. The van der Waals surface area contributed by atoms with Crippen molar-refractivity contribution in [2.24, 2.45) is 5.73 Å². The average Bonchev–Trinajstić information content (AvgIpc) is 2.74. The second kappa shape index (κ2) is 8.20. The van der Waals surface area contributed by atoms with Crippen LogP contribution in [0.3, 0.4) is 0 Å². The van der Waals surface area contributed by atoms with Crippen LogP contribution in [0, 0.1) is 0 Å². The minimum Gasteiger partial charge on any atom is -0.356 e. The molecule has 0 radical (unpaired) electrons. The number of nitrogens with one attached hydrogen (secondary N) is 1. The standard InChI is InChI=1S/C12H21N3OS/c1-2-3-7-14-11(16)8-10-9-17-12(15-10)5-4-6-13/h9H,2-8,13H2,1H3,(H,14,16). The molecule has 4 nitrogen and oxygen atoms in total. The molecule has 1 aromatic heterocycles. The molecular weight excluding hydrogens is 234 g/mol. The van der Waals surface area contributed by atoms with E-state index >= 15 is 0 Å². The van der Waals surface area contributed by atoms with Crippen molar-refractivity contribution < 1.29 is 4.79 Å². The lowest BCUT2D eigenvalue weighted by molar-refractivity contribution is -0.120. The van der Waals surface area contributed by atoms with Gasteiger partial charge < -0.3 is 11.1 Å². The minimum absolute atomic E-state index is 0.0640. The maximum absolute atomic E-state index is 11.5. The van der Waals surface area contributed by atoms with E-state index in [-0.39, 0.29) is 5.91 Å². The lowest BCUT2D eigenvalue weighted by Crippen LogP contribution is -2.26. The van der Waals surface area contributed by atoms with Crippen LogP contribution in [0.5, 0.6) is 0 Å². The van der Waals surface area contributed by atoms with Crippen LogP contribution in [-0.4, -0.2) is 24.0 Å². The Morgan fingerprint density at radius 1 is 1.53 bits per heavy atom. The van der Waals surface area contributed by atoms with E-state index in [9.17, 15) is 4.79 Å². The van der Waals surface area contributed by atoms with E-state index in [0.717, 1.165) is 42.9 Å². The number of hydrogen-bond acceptors (Lipinski definition) is 4. The molecule has 1 amide bonds. The number of unbranched alkanes of at least 4 members (excludes halogenated alkanes) is 1. The van der Waals surface area contributed by atoms with Gasteiger partial charge in [-0.3, -0.25) is 4.79 Å². The van der Waals surface area contributed by atoms with Gasteiger partial charge in [0.2, 0.25) is 5.91 Å². The predicted octanol–water partition coefficient (Wildman–Crippen LogP) is 1.49. The molecular formula is C12H21N3OS. The maximum Gasteiger partial charge on any atom is 0.226 e. The molecule has 1 rings (SSSR count). The van der Waals surface area contributed by atoms with Crippen molar-refractivity contribution in [2.75, 3.05) is 13.1 Å². The Morgan fingerprint density at radius 3 is 3.06 bits per heavy atom.